The molecule has 0 saturated carbocycles. The quantitative estimate of drug-likeness (QED) is 0.733. The van der Waals surface area contributed by atoms with Crippen LogP contribution in [0, 0.1) is 17.2 Å². The van der Waals surface area contributed by atoms with Gasteiger partial charge >= 0.3 is 0 Å². The first-order valence-corrected chi connectivity index (χ1v) is 3.87. The number of nitrogens with one attached hydrogen (secondary N) is 1. The fourth-order valence-electron chi connectivity index (χ4n) is 0.771. The van der Waals surface area contributed by atoms with Gasteiger partial charge in [0.15, 0.2) is 0 Å². The monoisotopic (exact) mass is 161 g/mol. The second kappa shape index (κ2) is 4.35. The number of hydrogen-bond donors (Lipinski definition) is 1. The molecule has 0 spiro atoms. The van der Waals surface area contributed by atoms with E-state index in [1.165, 1.54) is 0 Å². The summed E-state index contributed by atoms with van der Waals surface area (Å²) >= 11 is 0. The normalized spacial score (nSPS) is 11.7. The van der Waals surface area contributed by atoms with E-state index in [4.69, 9.17) is 5.26 Å². The van der Waals surface area contributed by atoms with Gasteiger partial charge in [0.1, 0.15) is 5.82 Å². The van der Waals surface area contributed by atoms with Crippen molar-refractivity contribution in [2.75, 3.05) is 11.9 Å². The highest BCUT2D eigenvalue weighted by molar-refractivity contribution is 5.33. The maximum atomic E-state index is 8.50. The molecule has 1 aromatic heterocycles. The van der Waals surface area contributed by atoms with Gasteiger partial charge in [-0.1, -0.05) is 6.07 Å². The van der Waals surface area contributed by atoms with E-state index in [-0.39, 0.29) is 5.92 Å². The first-order chi connectivity index (χ1) is 5.83. The van der Waals surface area contributed by atoms with Gasteiger partial charge in [0, 0.05) is 12.7 Å². The maximum absolute atomic E-state index is 8.50. The minimum Gasteiger partial charge on any atom is -0.369 e. The van der Waals surface area contributed by atoms with Crippen LogP contribution in [-0.4, -0.2) is 11.5 Å². The number of hydrogen-bond acceptors (Lipinski definition) is 3. The van der Waals surface area contributed by atoms with Crippen LogP contribution in [0.25, 0.3) is 0 Å². The maximum Gasteiger partial charge on any atom is 0.125 e. The molecular formula is C9H11N3. The highest BCUT2D eigenvalue weighted by Crippen LogP contribution is 2.01. The molecule has 0 amide bonds. The van der Waals surface area contributed by atoms with E-state index in [1.807, 2.05) is 25.1 Å². The van der Waals surface area contributed by atoms with Crippen molar-refractivity contribution in [2.45, 2.75) is 6.92 Å². The van der Waals surface area contributed by atoms with E-state index in [9.17, 15) is 0 Å². The topological polar surface area (TPSA) is 48.7 Å². The summed E-state index contributed by atoms with van der Waals surface area (Å²) in [6.07, 6.45) is 1.72. The Hall–Kier alpha value is -1.56. The number of pyridine rings is 1. The third kappa shape index (κ3) is 2.59. The summed E-state index contributed by atoms with van der Waals surface area (Å²) in [7, 11) is 0. The molecule has 1 rings (SSSR count). The second-order valence-corrected chi connectivity index (χ2v) is 2.63. The molecule has 3 heteroatoms. The van der Waals surface area contributed by atoms with E-state index < -0.39 is 0 Å². The number of nitrogens with zero attached hydrogens (tertiary/aromatic N) is 2. The average molecular weight is 161 g/mol. The Bertz CT molecular complexity index is 263. The number of anilines is 1. The molecule has 12 heavy (non-hydrogen) atoms. The van der Waals surface area contributed by atoms with Crippen LogP contribution in [0.3, 0.4) is 0 Å². The lowest BCUT2D eigenvalue weighted by Crippen LogP contribution is -2.09. The molecular weight excluding hydrogens is 150 g/mol. The molecule has 0 aliphatic rings. The highest BCUT2D eigenvalue weighted by Gasteiger charge is 1.97. The molecule has 0 saturated heterocycles. The Labute approximate surface area is 72.1 Å². The zero-order chi connectivity index (χ0) is 8.81. The minimum atomic E-state index is 0.0204. The molecule has 62 valence electrons. The molecule has 0 aliphatic carbocycles. The van der Waals surface area contributed by atoms with Gasteiger partial charge < -0.3 is 5.32 Å². The summed E-state index contributed by atoms with van der Waals surface area (Å²) in [4.78, 5) is 4.06. The zero-order valence-corrected chi connectivity index (χ0v) is 6.99. The van der Waals surface area contributed by atoms with Gasteiger partial charge in [-0.25, -0.2) is 4.98 Å². The lowest BCUT2D eigenvalue weighted by molar-refractivity contribution is 0.783. The van der Waals surface area contributed by atoms with Crippen LogP contribution in [0.1, 0.15) is 6.92 Å². The molecule has 0 fully saturated rings. The van der Waals surface area contributed by atoms with Crippen LogP contribution in [0.5, 0.6) is 0 Å². The molecule has 0 bridgehead atoms. The van der Waals surface area contributed by atoms with E-state index in [0.29, 0.717) is 6.54 Å². The predicted molar refractivity (Wildman–Crippen MR) is 47.5 cm³/mol. The smallest absolute Gasteiger partial charge is 0.125 e. The molecule has 1 heterocycles. The Morgan fingerprint density at radius 3 is 3.08 bits per heavy atom. The van der Waals surface area contributed by atoms with Crippen LogP contribution in [0.4, 0.5) is 5.82 Å². The van der Waals surface area contributed by atoms with Crippen molar-refractivity contribution in [3.05, 3.63) is 24.4 Å². The average Bonchev–Trinajstić information content (AvgIpc) is 2.16. The van der Waals surface area contributed by atoms with Crippen molar-refractivity contribution in [3.8, 4) is 6.07 Å². The lowest BCUT2D eigenvalue weighted by atomic mass is 10.2. The van der Waals surface area contributed by atoms with Crippen LogP contribution < -0.4 is 5.32 Å². The van der Waals surface area contributed by atoms with Gasteiger partial charge in [-0.05, 0) is 19.1 Å². The van der Waals surface area contributed by atoms with Gasteiger partial charge in [-0.15, -0.1) is 0 Å². The predicted octanol–water partition coefficient (Wildman–Crippen LogP) is 1.65. The summed E-state index contributed by atoms with van der Waals surface area (Å²) in [6, 6.07) is 7.79. The third-order valence-corrected chi connectivity index (χ3v) is 1.47. The molecule has 1 N–H and O–H groups in total. The third-order valence-electron chi connectivity index (χ3n) is 1.47. The Balaban J connectivity index is 2.40. The molecule has 0 aliphatic heterocycles. The van der Waals surface area contributed by atoms with Crippen molar-refractivity contribution >= 4 is 5.82 Å². The molecule has 1 unspecified atom stereocenters. The number of rotatable bonds is 3. The molecule has 0 radical (unpaired) electrons. The van der Waals surface area contributed by atoms with Crippen molar-refractivity contribution in [2.24, 2.45) is 5.92 Å². The first-order valence-electron chi connectivity index (χ1n) is 3.87. The SMILES string of the molecule is CC(C#N)CNc1ccccn1. The fourth-order valence-corrected chi connectivity index (χ4v) is 0.771. The zero-order valence-electron chi connectivity index (χ0n) is 6.99. The van der Waals surface area contributed by atoms with Crippen LogP contribution in [0.15, 0.2) is 24.4 Å². The van der Waals surface area contributed by atoms with Gasteiger partial charge in [0.2, 0.25) is 0 Å². The van der Waals surface area contributed by atoms with E-state index >= 15 is 0 Å². The number of aromatic nitrogens is 1. The van der Waals surface area contributed by atoms with Gasteiger partial charge in [0.05, 0.1) is 12.0 Å². The summed E-state index contributed by atoms with van der Waals surface area (Å²) in [6.45, 7) is 2.52. The summed E-state index contributed by atoms with van der Waals surface area (Å²) < 4.78 is 0. The van der Waals surface area contributed by atoms with Crippen LogP contribution >= 0.6 is 0 Å². The number of nitriles is 1. The second-order valence-electron chi connectivity index (χ2n) is 2.63. The van der Waals surface area contributed by atoms with Crippen LogP contribution in [0.2, 0.25) is 0 Å². The highest BCUT2D eigenvalue weighted by atomic mass is 15.0. The lowest BCUT2D eigenvalue weighted by Gasteiger charge is -2.04. The van der Waals surface area contributed by atoms with Gasteiger partial charge in [0.25, 0.3) is 0 Å². The standard InChI is InChI=1S/C9H11N3/c1-8(6-10)7-12-9-4-2-3-5-11-9/h2-5,8H,7H2,1H3,(H,11,12). The fraction of sp³-hybridized carbons (Fsp3) is 0.333. The van der Waals surface area contributed by atoms with E-state index in [0.717, 1.165) is 5.82 Å². The molecule has 0 aromatic carbocycles. The molecule has 3 nitrogen and oxygen atoms in total. The van der Waals surface area contributed by atoms with Crippen LogP contribution in [-0.2, 0) is 0 Å². The van der Waals surface area contributed by atoms with E-state index in [2.05, 4.69) is 16.4 Å². The molecule has 1 aromatic rings. The van der Waals surface area contributed by atoms with Crippen molar-refractivity contribution in [3.63, 3.8) is 0 Å². The summed E-state index contributed by atoms with van der Waals surface area (Å²) in [5.74, 6) is 0.839. The minimum absolute atomic E-state index is 0.0204. The van der Waals surface area contributed by atoms with Gasteiger partial charge in [-0.3, -0.25) is 0 Å². The van der Waals surface area contributed by atoms with Crippen molar-refractivity contribution < 1.29 is 0 Å². The Kier molecular flexibility index (Phi) is 3.09. The van der Waals surface area contributed by atoms with Crippen molar-refractivity contribution in [1.82, 2.24) is 4.98 Å². The Morgan fingerprint density at radius 2 is 2.50 bits per heavy atom. The summed E-state index contributed by atoms with van der Waals surface area (Å²) in [5.41, 5.74) is 0. The Morgan fingerprint density at radius 1 is 1.67 bits per heavy atom. The van der Waals surface area contributed by atoms with E-state index in [1.54, 1.807) is 6.20 Å². The van der Waals surface area contributed by atoms with Gasteiger partial charge in [-0.2, -0.15) is 5.26 Å². The largest absolute Gasteiger partial charge is 0.369 e. The first kappa shape index (κ1) is 8.54. The van der Waals surface area contributed by atoms with Crippen molar-refractivity contribution in [1.29, 1.82) is 5.26 Å². The molecule has 1 atom stereocenters. The summed E-state index contributed by atoms with van der Waals surface area (Å²) in [5, 5.41) is 11.6.